The quantitative estimate of drug-likeness (QED) is 0.855. The monoisotopic (exact) mass is 285 g/mol. The smallest absolute Gasteiger partial charge is 0.246 e. The summed E-state index contributed by atoms with van der Waals surface area (Å²) in [5.74, 6) is -0.213. The van der Waals surface area contributed by atoms with Crippen LogP contribution in [0.3, 0.4) is 0 Å². The van der Waals surface area contributed by atoms with Crippen molar-refractivity contribution in [2.45, 2.75) is 36.6 Å². The van der Waals surface area contributed by atoms with Gasteiger partial charge in [0, 0.05) is 19.2 Å². The molecule has 0 radical (unpaired) electrons. The van der Waals surface area contributed by atoms with Gasteiger partial charge in [0.25, 0.3) is 0 Å². The Balaban J connectivity index is 2.26. The van der Waals surface area contributed by atoms with Crippen molar-refractivity contribution in [3.63, 3.8) is 0 Å². The van der Waals surface area contributed by atoms with E-state index in [4.69, 9.17) is 5.11 Å². The van der Waals surface area contributed by atoms with Gasteiger partial charge >= 0.3 is 0 Å². The van der Waals surface area contributed by atoms with Crippen molar-refractivity contribution < 1.29 is 18.6 Å². The van der Waals surface area contributed by atoms with E-state index < -0.39 is 10.0 Å². The number of aliphatic hydroxyl groups excluding tert-OH is 1. The van der Waals surface area contributed by atoms with Crippen molar-refractivity contribution >= 4 is 10.0 Å². The van der Waals surface area contributed by atoms with E-state index in [9.17, 15) is 13.5 Å². The summed E-state index contributed by atoms with van der Waals surface area (Å²) < 4.78 is 26.5. The summed E-state index contributed by atoms with van der Waals surface area (Å²) >= 11 is 0. The zero-order chi connectivity index (χ0) is 13.9. The Morgan fingerprint density at radius 1 is 1.32 bits per heavy atom. The van der Waals surface area contributed by atoms with Crippen LogP contribution in [0.25, 0.3) is 0 Å². The molecular formula is C13H19NO4S. The zero-order valence-electron chi connectivity index (χ0n) is 10.7. The Labute approximate surface area is 113 Å². The Kier molecular flexibility index (Phi) is 4.44. The van der Waals surface area contributed by atoms with Gasteiger partial charge in [0.1, 0.15) is 10.6 Å². The second kappa shape index (κ2) is 5.90. The van der Waals surface area contributed by atoms with E-state index in [1.165, 1.54) is 16.4 Å². The first kappa shape index (κ1) is 14.3. The average molecular weight is 285 g/mol. The van der Waals surface area contributed by atoms with Crippen LogP contribution in [0.1, 0.15) is 25.7 Å². The van der Waals surface area contributed by atoms with Gasteiger partial charge in [0.05, 0.1) is 0 Å². The highest BCUT2D eigenvalue weighted by Gasteiger charge is 2.35. The van der Waals surface area contributed by atoms with E-state index in [-0.39, 0.29) is 23.3 Å². The van der Waals surface area contributed by atoms with E-state index in [0.29, 0.717) is 19.4 Å². The highest BCUT2D eigenvalue weighted by molar-refractivity contribution is 7.89. The maximum absolute atomic E-state index is 12.5. The van der Waals surface area contributed by atoms with Crippen molar-refractivity contribution in [3.05, 3.63) is 24.3 Å². The lowest BCUT2D eigenvalue weighted by atomic mass is 10.1. The number of phenols is 1. The van der Waals surface area contributed by atoms with Crippen molar-refractivity contribution in [2.75, 3.05) is 13.2 Å². The minimum absolute atomic E-state index is 0.0362. The minimum Gasteiger partial charge on any atom is -0.507 e. The molecule has 0 aliphatic carbocycles. The Hall–Kier alpha value is -1.11. The number of hydrogen-bond donors (Lipinski definition) is 2. The van der Waals surface area contributed by atoms with Gasteiger partial charge in [0.15, 0.2) is 0 Å². The average Bonchev–Trinajstić information content (AvgIpc) is 2.85. The summed E-state index contributed by atoms with van der Waals surface area (Å²) in [5, 5.41) is 18.6. The maximum atomic E-state index is 12.5. The summed E-state index contributed by atoms with van der Waals surface area (Å²) in [6.45, 7) is 0.549. The molecule has 1 heterocycles. The molecule has 2 rings (SSSR count). The second-order valence-corrected chi connectivity index (χ2v) is 6.60. The molecule has 0 amide bonds. The van der Waals surface area contributed by atoms with E-state index in [2.05, 4.69) is 0 Å². The SMILES string of the molecule is O=S(=O)(c1ccccc1O)N1CCCC1CCCO. The third-order valence-corrected chi connectivity index (χ3v) is 5.47. The van der Waals surface area contributed by atoms with Crippen molar-refractivity contribution in [2.24, 2.45) is 0 Å². The molecule has 1 atom stereocenters. The number of sulfonamides is 1. The normalized spacial score (nSPS) is 20.8. The largest absolute Gasteiger partial charge is 0.507 e. The van der Waals surface area contributed by atoms with Crippen molar-refractivity contribution in [1.82, 2.24) is 4.31 Å². The Morgan fingerprint density at radius 2 is 2.05 bits per heavy atom. The predicted molar refractivity (Wildman–Crippen MR) is 71.3 cm³/mol. The molecule has 2 N–H and O–H groups in total. The first-order valence-corrected chi connectivity index (χ1v) is 7.92. The number of aliphatic hydroxyl groups is 1. The number of phenolic OH excluding ortho intramolecular Hbond substituents is 1. The van der Waals surface area contributed by atoms with E-state index in [0.717, 1.165) is 12.8 Å². The molecule has 0 spiro atoms. The lowest BCUT2D eigenvalue weighted by molar-refractivity contribution is 0.264. The second-order valence-electron chi connectivity index (χ2n) is 4.75. The van der Waals surface area contributed by atoms with Crippen LogP contribution < -0.4 is 0 Å². The molecule has 0 bridgehead atoms. The van der Waals surface area contributed by atoms with Crippen LogP contribution in [0.2, 0.25) is 0 Å². The molecule has 1 aromatic carbocycles. The number of hydrogen-bond acceptors (Lipinski definition) is 4. The van der Waals surface area contributed by atoms with Crippen molar-refractivity contribution in [3.8, 4) is 5.75 Å². The number of rotatable bonds is 5. The lowest BCUT2D eigenvalue weighted by Gasteiger charge is -2.24. The highest BCUT2D eigenvalue weighted by Crippen LogP contribution is 2.32. The fourth-order valence-corrected chi connectivity index (χ4v) is 4.35. The molecule has 106 valence electrons. The summed E-state index contributed by atoms with van der Waals surface area (Å²) in [4.78, 5) is -0.0362. The Bertz CT molecular complexity index is 529. The number of para-hydroxylation sites is 1. The summed E-state index contributed by atoms with van der Waals surface area (Å²) in [7, 11) is -3.65. The third-order valence-electron chi connectivity index (χ3n) is 3.47. The van der Waals surface area contributed by atoms with Gasteiger partial charge in [-0.2, -0.15) is 4.31 Å². The fraction of sp³-hybridized carbons (Fsp3) is 0.538. The molecule has 5 nitrogen and oxygen atoms in total. The molecule has 0 aromatic heterocycles. The van der Waals surface area contributed by atoms with Gasteiger partial charge in [-0.3, -0.25) is 0 Å². The highest BCUT2D eigenvalue weighted by atomic mass is 32.2. The van der Waals surface area contributed by atoms with Crippen LogP contribution in [0.4, 0.5) is 0 Å². The van der Waals surface area contributed by atoms with E-state index in [1.807, 2.05) is 0 Å². The molecular weight excluding hydrogens is 266 g/mol. The summed E-state index contributed by atoms with van der Waals surface area (Å²) in [6.07, 6.45) is 2.89. The predicted octanol–water partition coefficient (Wildman–Crippen LogP) is 1.32. The molecule has 1 aliphatic heterocycles. The summed E-state index contributed by atoms with van der Waals surface area (Å²) in [6, 6.07) is 5.93. The van der Waals surface area contributed by atoms with Crippen LogP contribution >= 0.6 is 0 Å². The first-order valence-electron chi connectivity index (χ1n) is 6.48. The van der Waals surface area contributed by atoms with Gasteiger partial charge < -0.3 is 10.2 Å². The van der Waals surface area contributed by atoms with Gasteiger partial charge in [0.2, 0.25) is 10.0 Å². The van der Waals surface area contributed by atoms with E-state index >= 15 is 0 Å². The van der Waals surface area contributed by atoms with Crippen LogP contribution in [0.5, 0.6) is 5.75 Å². The van der Waals surface area contributed by atoms with Crippen molar-refractivity contribution in [1.29, 1.82) is 0 Å². The van der Waals surface area contributed by atoms with Gasteiger partial charge in [-0.15, -0.1) is 0 Å². The lowest BCUT2D eigenvalue weighted by Crippen LogP contribution is -2.35. The van der Waals surface area contributed by atoms with Crippen LogP contribution in [-0.2, 0) is 10.0 Å². The molecule has 19 heavy (non-hydrogen) atoms. The standard InChI is InChI=1S/C13H19NO4S/c15-10-4-6-11-5-3-9-14(11)19(17,18)13-8-2-1-7-12(13)16/h1-2,7-8,11,15-16H,3-6,9-10H2. The molecule has 1 aromatic rings. The molecule has 0 saturated carbocycles. The minimum atomic E-state index is -3.65. The summed E-state index contributed by atoms with van der Waals surface area (Å²) in [5.41, 5.74) is 0. The fourth-order valence-electron chi connectivity index (χ4n) is 2.54. The zero-order valence-corrected chi connectivity index (χ0v) is 11.5. The topological polar surface area (TPSA) is 77.8 Å². The Morgan fingerprint density at radius 3 is 2.74 bits per heavy atom. The number of nitrogens with zero attached hydrogens (tertiary/aromatic N) is 1. The van der Waals surface area contributed by atoms with Gasteiger partial charge in [-0.05, 0) is 37.8 Å². The third kappa shape index (κ3) is 2.91. The van der Waals surface area contributed by atoms with Crippen LogP contribution in [0, 0.1) is 0 Å². The molecule has 1 unspecified atom stereocenters. The van der Waals surface area contributed by atoms with Gasteiger partial charge in [-0.1, -0.05) is 12.1 Å². The molecule has 1 saturated heterocycles. The van der Waals surface area contributed by atoms with E-state index in [1.54, 1.807) is 12.1 Å². The van der Waals surface area contributed by atoms with Crippen LogP contribution in [0.15, 0.2) is 29.2 Å². The maximum Gasteiger partial charge on any atom is 0.246 e. The van der Waals surface area contributed by atoms with Crippen LogP contribution in [-0.4, -0.2) is 42.1 Å². The van der Waals surface area contributed by atoms with Gasteiger partial charge in [-0.25, -0.2) is 8.42 Å². The first-order chi connectivity index (χ1) is 9.07. The molecule has 1 fully saturated rings. The number of benzene rings is 1. The molecule has 6 heteroatoms. The number of aromatic hydroxyl groups is 1. The molecule has 1 aliphatic rings.